The van der Waals surface area contributed by atoms with Crippen LogP contribution in [-0.2, 0) is 0 Å². The molecule has 1 fully saturated rings. The lowest BCUT2D eigenvalue weighted by Crippen LogP contribution is -1.92. The van der Waals surface area contributed by atoms with Crippen molar-refractivity contribution in [2.75, 3.05) is 0 Å². The molecule has 0 aliphatic heterocycles. The van der Waals surface area contributed by atoms with Crippen LogP contribution in [0, 0.1) is 5.92 Å². The van der Waals surface area contributed by atoms with Crippen LogP contribution in [0.2, 0.25) is 0 Å². The lowest BCUT2D eigenvalue weighted by Gasteiger charge is -2.06. The second-order valence-electron chi connectivity index (χ2n) is 3.65. The van der Waals surface area contributed by atoms with Crippen molar-refractivity contribution in [3.05, 3.63) is 12.2 Å². The topological polar surface area (TPSA) is 0 Å². The Bertz CT molecular complexity index is 107. The number of allylic oxidation sites excluding steroid dienone is 1. The highest BCUT2D eigenvalue weighted by atomic mass is 14.2. The highest BCUT2D eigenvalue weighted by Gasteiger charge is 2.13. The van der Waals surface area contributed by atoms with Gasteiger partial charge in [0.1, 0.15) is 0 Å². The summed E-state index contributed by atoms with van der Waals surface area (Å²) in [4.78, 5) is 0. The first-order chi connectivity index (χ1) is 5.79. The van der Waals surface area contributed by atoms with Crippen molar-refractivity contribution >= 4 is 0 Å². The molecule has 0 radical (unpaired) electrons. The summed E-state index contributed by atoms with van der Waals surface area (Å²) in [6.07, 6.45) is 8.56. The van der Waals surface area contributed by atoms with Crippen molar-refractivity contribution in [2.45, 2.75) is 59.3 Å². The maximum atomic E-state index is 3.92. The Kier molecular flexibility index (Phi) is 7.23. The Morgan fingerprint density at radius 1 is 1.25 bits per heavy atom. The van der Waals surface area contributed by atoms with E-state index in [-0.39, 0.29) is 0 Å². The summed E-state index contributed by atoms with van der Waals surface area (Å²) < 4.78 is 0. The van der Waals surface area contributed by atoms with Crippen molar-refractivity contribution < 1.29 is 0 Å². The molecule has 0 aromatic rings. The van der Waals surface area contributed by atoms with Crippen molar-refractivity contribution in [1.82, 2.24) is 0 Å². The van der Waals surface area contributed by atoms with E-state index in [2.05, 4.69) is 13.5 Å². The zero-order valence-corrected chi connectivity index (χ0v) is 9.03. The molecule has 0 nitrogen and oxygen atoms in total. The summed E-state index contributed by atoms with van der Waals surface area (Å²) in [5, 5.41) is 0. The molecular weight excluding hydrogens is 144 g/mol. The van der Waals surface area contributed by atoms with Crippen molar-refractivity contribution in [3.8, 4) is 0 Å². The number of hydrogen-bond donors (Lipinski definition) is 0. The molecule has 0 bridgehead atoms. The Morgan fingerprint density at radius 3 is 2.17 bits per heavy atom. The second-order valence-corrected chi connectivity index (χ2v) is 3.65. The first-order valence-corrected chi connectivity index (χ1v) is 5.43. The molecule has 0 spiro atoms. The Hall–Kier alpha value is -0.260. The van der Waals surface area contributed by atoms with E-state index in [1.54, 1.807) is 0 Å². The number of rotatable bonds is 3. The summed E-state index contributed by atoms with van der Waals surface area (Å²) in [6, 6.07) is 0. The van der Waals surface area contributed by atoms with Crippen LogP contribution in [0.5, 0.6) is 0 Å². The van der Waals surface area contributed by atoms with Gasteiger partial charge in [-0.05, 0) is 25.7 Å². The van der Waals surface area contributed by atoms with Crippen LogP contribution in [0.15, 0.2) is 12.2 Å². The van der Waals surface area contributed by atoms with Crippen LogP contribution >= 0.6 is 0 Å². The van der Waals surface area contributed by atoms with Gasteiger partial charge in [0.25, 0.3) is 0 Å². The predicted octanol–water partition coefficient (Wildman–Crippen LogP) is 4.56. The third-order valence-electron chi connectivity index (χ3n) is 2.45. The summed E-state index contributed by atoms with van der Waals surface area (Å²) in [5.41, 5.74) is 1.35. The summed E-state index contributed by atoms with van der Waals surface area (Å²) in [5.74, 6) is 1.04. The summed E-state index contributed by atoms with van der Waals surface area (Å²) in [7, 11) is 0. The summed E-state index contributed by atoms with van der Waals surface area (Å²) >= 11 is 0. The lowest BCUT2D eigenvalue weighted by atomic mass is 10.00. The highest BCUT2D eigenvalue weighted by Crippen LogP contribution is 2.29. The molecule has 1 rings (SSSR count). The fourth-order valence-corrected chi connectivity index (χ4v) is 1.75. The van der Waals surface area contributed by atoms with E-state index in [1.807, 2.05) is 13.8 Å². The quantitative estimate of drug-likeness (QED) is 0.542. The van der Waals surface area contributed by atoms with Crippen LogP contribution in [-0.4, -0.2) is 0 Å². The normalized spacial score (nSPS) is 16.9. The van der Waals surface area contributed by atoms with E-state index in [0.29, 0.717) is 0 Å². The average Bonchev–Trinajstić information content (AvgIpc) is 2.56. The first-order valence-electron chi connectivity index (χ1n) is 5.43. The Balaban J connectivity index is 0.000000561. The molecule has 0 aromatic heterocycles. The average molecular weight is 168 g/mol. The molecule has 1 aliphatic carbocycles. The van der Waals surface area contributed by atoms with Crippen LogP contribution < -0.4 is 0 Å². The van der Waals surface area contributed by atoms with Crippen LogP contribution in [0.4, 0.5) is 0 Å². The molecule has 1 saturated carbocycles. The van der Waals surface area contributed by atoms with Gasteiger partial charge >= 0.3 is 0 Å². The minimum atomic E-state index is 1.04. The zero-order chi connectivity index (χ0) is 9.40. The molecule has 0 heterocycles. The second kappa shape index (κ2) is 7.39. The number of hydrogen-bond acceptors (Lipinski definition) is 0. The SMILES string of the molecule is C=C(C)CCC1CCCC1.CC. The smallest absolute Gasteiger partial charge is 0.0323 e. The van der Waals surface area contributed by atoms with E-state index in [9.17, 15) is 0 Å². The van der Waals surface area contributed by atoms with E-state index in [4.69, 9.17) is 0 Å². The third kappa shape index (κ3) is 5.40. The van der Waals surface area contributed by atoms with Gasteiger partial charge in [-0.25, -0.2) is 0 Å². The lowest BCUT2D eigenvalue weighted by molar-refractivity contribution is 0.503. The van der Waals surface area contributed by atoms with Gasteiger partial charge in [-0.1, -0.05) is 45.1 Å². The Morgan fingerprint density at radius 2 is 1.75 bits per heavy atom. The van der Waals surface area contributed by atoms with Crippen molar-refractivity contribution in [2.24, 2.45) is 5.92 Å². The van der Waals surface area contributed by atoms with Crippen LogP contribution in [0.1, 0.15) is 59.3 Å². The van der Waals surface area contributed by atoms with Crippen molar-refractivity contribution in [1.29, 1.82) is 0 Å². The fourth-order valence-electron chi connectivity index (χ4n) is 1.75. The highest BCUT2D eigenvalue weighted by molar-refractivity contribution is 4.88. The van der Waals surface area contributed by atoms with Gasteiger partial charge in [-0.15, -0.1) is 6.58 Å². The molecule has 0 N–H and O–H groups in total. The van der Waals surface area contributed by atoms with Crippen LogP contribution in [0.3, 0.4) is 0 Å². The van der Waals surface area contributed by atoms with E-state index in [1.165, 1.54) is 44.1 Å². The molecule has 72 valence electrons. The van der Waals surface area contributed by atoms with Crippen LogP contribution in [0.25, 0.3) is 0 Å². The minimum Gasteiger partial charge on any atom is -0.100 e. The van der Waals surface area contributed by atoms with E-state index < -0.39 is 0 Å². The molecule has 1 aliphatic rings. The van der Waals surface area contributed by atoms with Gasteiger partial charge in [-0.3, -0.25) is 0 Å². The Labute approximate surface area is 78.1 Å². The molecular formula is C12H24. The largest absolute Gasteiger partial charge is 0.100 e. The minimum absolute atomic E-state index is 1.04. The maximum absolute atomic E-state index is 3.92. The molecule has 0 saturated heterocycles. The van der Waals surface area contributed by atoms with Gasteiger partial charge < -0.3 is 0 Å². The fraction of sp³-hybridized carbons (Fsp3) is 0.833. The third-order valence-corrected chi connectivity index (χ3v) is 2.45. The monoisotopic (exact) mass is 168 g/mol. The van der Waals surface area contributed by atoms with Gasteiger partial charge in [0.05, 0.1) is 0 Å². The summed E-state index contributed by atoms with van der Waals surface area (Å²) in [6.45, 7) is 10.0. The van der Waals surface area contributed by atoms with Crippen molar-refractivity contribution in [3.63, 3.8) is 0 Å². The maximum Gasteiger partial charge on any atom is -0.0323 e. The van der Waals surface area contributed by atoms with Gasteiger partial charge in [0.2, 0.25) is 0 Å². The molecule has 0 unspecified atom stereocenters. The standard InChI is InChI=1S/C10H18.C2H6/c1-9(2)7-8-10-5-3-4-6-10;1-2/h10H,1,3-8H2,2H3;1-2H3. The van der Waals surface area contributed by atoms with Gasteiger partial charge in [0.15, 0.2) is 0 Å². The molecule has 0 aromatic carbocycles. The van der Waals surface area contributed by atoms with E-state index >= 15 is 0 Å². The molecule has 12 heavy (non-hydrogen) atoms. The van der Waals surface area contributed by atoms with Gasteiger partial charge in [0, 0.05) is 0 Å². The van der Waals surface area contributed by atoms with E-state index in [0.717, 1.165) is 5.92 Å². The molecule has 0 heteroatoms. The van der Waals surface area contributed by atoms with Gasteiger partial charge in [-0.2, -0.15) is 0 Å². The first kappa shape index (κ1) is 11.7. The molecule has 0 amide bonds. The molecule has 0 atom stereocenters. The zero-order valence-electron chi connectivity index (χ0n) is 9.03. The predicted molar refractivity (Wildman–Crippen MR) is 57.4 cm³/mol.